The van der Waals surface area contributed by atoms with Crippen molar-refractivity contribution in [2.45, 2.75) is 25.7 Å². The van der Waals surface area contributed by atoms with Gasteiger partial charge in [-0.15, -0.1) is 0 Å². The molecule has 3 heteroatoms. The predicted molar refractivity (Wildman–Crippen MR) is 69.4 cm³/mol. The third-order valence-corrected chi connectivity index (χ3v) is 3.40. The number of carbonyl (C=O) groups excluding carboxylic acids is 1. The summed E-state index contributed by atoms with van der Waals surface area (Å²) < 4.78 is 0. The van der Waals surface area contributed by atoms with Crippen LogP contribution in [0, 0.1) is 6.92 Å². The van der Waals surface area contributed by atoms with E-state index in [-0.39, 0.29) is 5.91 Å². The van der Waals surface area contributed by atoms with Gasteiger partial charge in [-0.1, -0.05) is 11.6 Å². The summed E-state index contributed by atoms with van der Waals surface area (Å²) in [5.74, 6) is 0.600. The van der Waals surface area contributed by atoms with Crippen LogP contribution in [0.25, 0.3) is 0 Å². The van der Waals surface area contributed by atoms with Gasteiger partial charge >= 0.3 is 0 Å². The van der Waals surface area contributed by atoms with Gasteiger partial charge in [0.1, 0.15) is 0 Å². The number of hydrogen-bond donors (Lipinski definition) is 2. The van der Waals surface area contributed by atoms with E-state index in [1.807, 2.05) is 12.1 Å². The molecule has 0 unspecified atom stereocenters. The van der Waals surface area contributed by atoms with Gasteiger partial charge in [-0.05, 0) is 56.5 Å². The lowest BCUT2D eigenvalue weighted by atomic mass is 9.88. The first-order chi connectivity index (χ1) is 8.20. The highest BCUT2D eigenvalue weighted by atomic mass is 16.1. The third kappa shape index (κ3) is 2.86. The van der Waals surface area contributed by atoms with Crippen LogP contribution in [0.4, 0.5) is 0 Å². The number of piperidine rings is 1. The second-order valence-corrected chi connectivity index (χ2v) is 4.74. The molecule has 0 bridgehead atoms. The van der Waals surface area contributed by atoms with Gasteiger partial charge in [0.05, 0.1) is 0 Å². The molecule has 0 radical (unpaired) electrons. The maximum atomic E-state index is 11.7. The van der Waals surface area contributed by atoms with Crippen molar-refractivity contribution < 1.29 is 4.79 Å². The van der Waals surface area contributed by atoms with E-state index in [2.05, 4.69) is 23.6 Å². The smallest absolute Gasteiger partial charge is 0.251 e. The van der Waals surface area contributed by atoms with Crippen molar-refractivity contribution in [3.05, 3.63) is 34.9 Å². The summed E-state index contributed by atoms with van der Waals surface area (Å²) >= 11 is 0. The summed E-state index contributed by atoms with van der Waals surface area (Å²) in [7, 11) is 1.68. The van der Waals surface area contributed by atoms with Crippen LogP contribution in [0.2, 0.25) is 0 Å². The van der Waals surface area contributed by atoms with Crippen LogP contribution in [-0.4, -0.2) is 26.0 Å². The van der Waals surface area contributed by atoms with Crippen molar-refractivity contribution in [1.82, 2.24) is 10.6 Å². The fourth-order valence-electron chi connectivity index (χ4n) is 2.48. The standard InChI is InChI=1S/C14H20N2O/c1-10-7-12(11-3-5-16-6-4-11)9-13(8-10)14(17)15-2/h7-9,11,16H,3-6H2,1-2H3,(H,15,17). The lowest BCUT2D eigenvalue weighted by Gasteiger charge is -2.23. The van der Waals surface area contributed by atoms with Crippen molar-refractivity contribution in [2.75, 3.05) is 20.1 Å². The normalized spacial score (nSPS) is 16.8. The second kappa shape index (κ2) is 5.32. The Balaban J connectivity index is 2.27. The lowest BCUT2D eigenvalue weighted by Crippen LogP contribution is -2.27. The fraction of sp³-hybridized carbons (Fsp3) is 0.500. The molecule has 0 aliphatic carbocycles. The molecule has 1 aromatic carbocycles. The zero-order valence-corrected chi connectivity index (χ0v) is 10.5. The Morgan fingerprint density at radius 2 is 2.00 bits per heavy atom. The summed E-state index contributed by atoms with van der Waals surface area (Å²) in [6, 6.07) is 6.20. The van der Waals surface area contributed by atoms with Gasteiger partial charge in [0, 0.05) is 12.6 Å². The topological polar surface area (TPSA) is 41.1 Å². The maximum absolute atomic E-state index is 11.7. The van der Waals surface area contributed by atoms with Crippen molar-refractivity contribution >= 4 is 5.91 Å². The van der Waals surface area contributed by atoms with Gasteiger partial charge in [0.15, 0.2) is 0 Å². The summed E-state index contributed by atoms with van der Waals surface area (Å²) in [5.41, 5.74) is 3.26. The Hall–Kier alpha value is -1.35. The van der Waals surface area contributed by atoms with Crippen LogP contribution >= 0.6 is 0 Å². The van der Waals surface area contributed by atoms with Crippen LogP contribution in [-0.2, 0) is 0 Å². The molecule has 1 fully saturated rings. The van der Waals surface area contributed by atoms with Crippen LogP contribution < -0.4 is 10.6 Å². The molecule has 1 saturated heterocycles. The highest BCUT2D eigenvalue weighted by Crippen LogP contribution is 2.26. The molecule has 2 N–H and O–H groups in total. The van der Waals surface area contributed by atoms with E-state index in [0.29, 0.717) is 5.92 Å². The van der Waals surface area contributed by atoms with E-state index in [0.717, 1.165) is 31.5 Å². The molecule has 92 valence electrons. The average Bonchev–Trinajstić information content (AvgIpc) is 2.38. The Morgan fingerprint density at radius 3 is 2.65 bits per heavy atom. The van der Waals surface area contributed by atoms with Crippen LogP contribution in [0.5, 0.6) is 0 Å². The summed E-state index contributed by atoms with van der Waals surface area (Å²) in [5, 5.41) is 6.06. The zero-order valence-electron chi connectivity index (χ0n) is 10.5. The van der Waals surface area contributed by atoms with E-state index in [1.165, 1.54) is 11.1 Å². The Bertz CT molecular complexity index is 409. The molecular weight excluding hydrogens is 212 g/mol. The number of amides is 1. The van der Waals surface area contributed by atoms with Gasteiger partial charge in [-0.3, -0.25) is 4.79 Å². The van der Waals surface area contributed by atoms with Gasteiger partial charge < -0.3 is 10.6 Å². The molecule has 0 saturated carbocycles. The van der Waals surface area contributed by atoms with Crippen molar-refractivity contribution in [1.29, 1.82) is 0 Å². The number of hydrogen-bond acceptors (Lipinski definition) is 2. The number of carbonyl (C=O) groups is 1. The summed E-state index contributed by atoms with van der Waals surface area (Å²) in [6.45, 7) is 4.21. The second-order valence-electron chi connectivity index (χ2n) is 4.74. The lowest BCUT2D eigenvalue weighted by molar-refractivity contribution is 0.0963. The molecular formula is C14H20N2O. The third-order valence-electron chi connectivity index (χ3n) is 3.40. The Kier molecular flexibility index (Phi) is 3.79. The molecule has 0 aromatic heterocycles. The van der Waals surface area contributed by atoms with Crippen LogP contribution in [0.15, 0.2) is 18.2 Å². The largest absolute Gasteiger partial charge is 0.355 e. The molecule has 1 aromatic rings. The zero-order chi connectivity index (χ0) is 12.3. The maximum Gasteiger partial charge on any atom is 0.251 e. The number of aryl methyl sites for hydroxylation is 1. The minimum atomic E-state index is 0.00360. The van der Waals surface area contributed by atoms with Crippen molar-refractivity contribution in [3.8, 4) is 0 Å². The molecule has 1 aliphatic rings. The molecule has 1 amide bonds. The van der Waals surface area contributed by atoms with Gasteiger partial charge in [-0.25, -0.2) is 0 Å². The molecule has 3 nitrogen and oxygen atoms in total. The number of nitrogens with one attached hydrogen (secondary N) is 2. The number of benzene rings is 1. The first-order valence-corrected chi connectivity index (χ1v) is 6.25. The summed E-state index contributed by atoms with van der Waals surface area (Å²) in [6.07, 6.45) is 2.33. The summed E-state index contributed by atoms with van der Waals surface area (Å²) in [4.78, 5) is 11.7. The highest BCUT2D eigenvalue weighted by Gasteiger charge is 2.16. The van der Waals surface area contributed by atoms with E-state index in [4.69, 9.17) is 0 Å². The first kappa shape index (κ1) is 12.1. The fourth-order valence-corrected chi connectivity index (χ4v) is 2.48. The Morgan fingerprint density at radius 1 is 1.29 bits per heavy atom. The molecule has 1 aliphatic heterocycles. The van der Waals surface area contributed by atoms with Gasteiger partial charge in [0.2, 0.25) is 0 Å². The van der Waals surface area contributed by atoms with E-state index < -0.39 is 0 Å². The van der Waals surface area contributed by atoms with Crippen LogP contribution in [0.3, 0.4) is 0 Å². The first-order valence-electron chi connectivity index (χ1n) is 6.25. The van der Waals surface area contributed by atoms with Gasteiger partial charge in [0.25, 0.3) is 5.91 Å². The SMILES string of the molecule is CNC(=O)c1cc(C)cc(C2CCNCC2)c1. The average molecular weight is 232 g/mol. The van der Waals surface area contributed by atoms with E-state index >= 15 is 0 Å². The number of rotatable bonds is 2. The van der Waals surface area contributed by atoms with Crippen LogP contribution in [0.1, 0.15) is 40.2 Å². The molecule has 0 spiro atoms. The minimum absolute atomic E-state index is 0.00360. The Labute approximate surface area is 103 Å². The minimum Gasteiger partial charge on any atom is -0.355 e. The quantitative estimate of drug-likeness (QED) is 0.816. The van der Waals surface area contributed by atoms with Crippen molar-refractivity contribution in [3.63, 3.8) is 0 Å². The molecule has 2 rings (SSSR count). The van der Waals surface area contributed by atoms with E-state index in [9.17, 15) is 4.79 Å². The predicted octanol–water partition coefficient (Wildman–Crippen LogP) is 1.82. The van der Waals surface area contributed by atoms with E-state index in [1.54, 1.807) is 7.05 Å². The molecule has 0 atom stereocenters. The van der Waals surface area contributed by atoms with Crippen molar-refractivity contribution in [2.24, 2.45) is 0 Å². The highest BCUT2D eigenvalue weighted by molar-refractivity contribution is 5.94. The molecule has 17 heavy (non-hydrogen) atoms. The van der Waals surface area contributed by atoms with Gasteiger partial charge in [-0.2, -0.15) is 0 Å². The molecule has 1 heterocycles. The monoisotopic (exact) mass is 232 g/mol.